The fourth-order valence-corrected chi connectivity index (χ4v) is 4.25. The normalized spacial score (nSPS) is 24.6. The van der Waals surface area contributed by atoms with Gasteiger partial charge >= 0.3 is 0 Å². The van der Waals surface area contributed by atoms with E-state index in [0.717, 1.165) is 31.0 Å². The molecule has 0 aromatic heterocycles. The fourth-order valence-electron chi connectivity index (χ4n) is 4.25. The largest absolute Gasteiger partial charge is 0.381 e. The van der Waals surface area contributed by atoms with Crippen LogP contribution in [-0.2, 0) is 0 Å². The molecule has 3 heteroatoms. The third-order valence-corrected chi connectivity index (χ3v) is 6.27. The highest BCUT2D eigenvalue weighted by molar-refractivity contribution is 5.53. The summed E-state index contributed by atoms with van der Waals surface area (Å²) in [5, 5.41) is 3.77. The molecule has 0 spiro atoms. The molecule has 0 aliphatic carbocycles. The summed E-state index contributed by atoms with van der Waals surface area (Å²) < 4.78 is 0. The number of nitrogens with zero attached hydrogens (tertiary/aromatic N) is 2. The Labute approximate surface area is 165 Å². The van der Waals surface area contributed by atoms with Crippen molar-refractivity contribution in [3.8, 4) is 0 Å². The second-order valence-electron chi connectivity index (χ2n) is 8.23. The van der Waals surface area contributed by atoms with Crippen molar-refractivity contribution in [2.24, 2.45) is 5.92 Å². The molecule has 0 radical (unpaired) electrons. The number of benzene rings is 1. The van der Waals surface area contributed by atoms with Crippen LogP contribution in [0.3, 0.4) is 0 Å². The molecule has 1 aromatic rings. The standard InChI is InChI=1S/C24H35N3/c1-6-7-8-22(16-26(5)23-10-9-18(2)19(3)15-23)20(4)25-24-17-27-13-11-21(24)12-14-27/h6,9-10,15-16,21,24-25H,1,4,7-8,11-14,17H2,2-3,5H3/b22-16+. The summed E-state index contributed by atoms with van der Waals surface area (Å²) in [7, 11) is 2.12. The molecule has 3 aliphatic heterocycles. The number of anilines is 1. The number of hydrogen-bond acceptors (Lipinski definition) is 3. The molecule has 4 rings (SSSR count). The monoisotopic (exact) mass is 365 g/mol. The molecule has 3 nitrogen and oxygen atoms in total. The van der Waals surface area contributed by atoms with Gasteiger partial charge in [-0.15, -0.1) is 6.58 Å². The first-order valence-corrected chi connectivity index (χ1v) is 10.3. The van der Waals surface area contributed by atoms with E-state index in [0.29, 0.717) is 6.04 Å². The number of rotatable bonds is 8. The molecule has 3 saturated heterocycles. The third-order valence-electron chi connectivity index (χ3n) is 6.27. The highest BCUT2D eigenvalue weighted by atomic mass is 15.2. The molecule has 146 valence electrons. The van der Waals surface area contributed by atoms with E-state index in [4.69, 9.17) is 0 Å². The summed E-state index contributed by atoms with van der Waals surface area (Å²) in [4.78, 5) is 4.80. The van der Waals surface area contributed by atoms with Crippen molar-refractivity contribution in [3.05, 3.63) is 66.0 Å². The lowest BCUT2D eigenvalue weighted by Crippen LogP contribution is -2.55. The highest BCUT2D eigenvalue weighted by Gasteiger charge is 2.34. The van der Waals surface area contributed by atoms with E-state index in [-0.39, 0.29) is 0 Å². The molecule has 3 fully saturated rings. The number of allylic oxidation sites excluding steroid dienone is 2. The molecule has 2 bridgehead atoms. The Morgan fingerprint density at radius 1 is 1.26 bits per heavy atom. The summed E-state index contributed by atoms with van der Waals surface area (Å²) in [6, 6.07) is 7.17. The first-order valence-electron chi connectivity index (χ1n) is 10.3. The smallest absolute Gasteiger partial charge is 0.0417 e. The van der Waals surface area contributed by atoms with Crippen molar-refractivity contribution in [1.82, 2.24) is 10.2 Å². The van der Waals surface area contributed by atoms with E-state index in [1.807, 2.05) is 6.08 Å². The van der Waals surface area contributed by atoms with Gasteiger partial charge in [-0.25, -0.2) is 0 Å². The molecule has 1 aromatic carbocycles. The van der Waals surface area contributed by atoms with E-state index >= 15 is 0 Å². The second kappa shape index (κ2) is 8.79. The molecule has 3 aliphatic rings. The zero-order valence-corrected chi connectivity index (χ0v) is 17.3. The minimum atomic E-state index is 0.541. The quantitative estimate of drug-likeness (QED) is 0.528. The second-order valence-corrected chi connectivity index (χ2v) is 8.23. The molecular formula is C24H35N3. The Hall–Kier alpha value is -2.00. The lowest BCUT2D eigenvalue weighted by molar-refractivity contribution is 0.0776. The van der Waals surface area contributed by atoms with Crippen LogP contribution in [0.4, 0.5) is 5.69 Å². The molecule has 0 saturated carbocycles. The number of piperidine rings is 3. The molecular weight excluding hydrogens is 330 g/mol. The van der Waals surface area contributed by atoms with Gasteiger partial charge in [0.1, 0.15) is 0 Å². The third kappa shape index (κ3) is 4.84. The summed E-state index contributed by atoms with van der Waals surface area (Å²) in [6.07, 6.45) is 8.80. The Bertz CT molecular complexity index is 710. The van der Waals surface area contributed by atoms with Gasteiger partial charge in [-0.2, -0.15) is 0 Å². The zero-order chi connectivity index (χ0) is 19.4. The molecule has 1 atom stereocenters. The van der Waals surface area contributed by atoms with Crippen molar-refractivity contribution >= 4 is 5.69 Å². The van der Waals surface area contributed by atoms with Crippen LogP contribution in [0, 0.1) is 19.8 Å². The lowest BCUT2D eigenvalue weighted by atomic mass is 9.83. The summed E-state index contributed by atoms with van der Waals surface area (Å²) in [6.45, 7) is 16.3. The number of nitrogens with one attached hydrogen (secondary N) is 1. The van der Waals surface area contributed by atoms with Crippen molar-refractivity contribution in [3.63, 3.8) is 0 Å². The van der Waals surface area contributed by atoms with Crippen LogP contribution in [0.25, 0.3) is 0 Å². The highest BCUT2D eigenvalue weighted by Crippen LogP contribution is 2.29. The minimum absolute atomic E-state index is 0.541. The summed E-state index contributed by atoms with van der Waals surface area (Å²) >= 11 is 0. The van der Waals surface area contributed by atoms with Crippen LogP contribution in [0.15, 0.2) is 54.9 Å². The van der Waals surface area contributed by atoms with Crippen LogP contribution >= 0.6 is 0 Å². The van der Waals surface area contributed by atoms with E-state index in [1.54, 1.807) is 0 Å². The van der Waals surface area contributed by atoms with Crippen molar-refractivity contribution < 1.29 is 0 Å². The maximum Gasteiger partial charge on any atom is 0.0417 e. The average Bonchev–Trinajstić information content (AvgIpc) is 2.68. The molecule has 3 heterocycles. The van der Waals surface area contributed by atoms with E-state index in [9.17, 15) is 0 Å². The Kier molecular flexibility index (Phi) is 6.43. The zero-order valence-electron chi connectivity index (χ0n) is 17.3. The predicted octanol–water partition coefficient (Wildman–Crippen LogP) is 4.79. The van der Waals surface area contributed by atoms with Crippen LogP contribution < -0.4 is 10.2 Å². The van der Waals surface area contributed by atoms with Crippen LogP contribution in [-0.4, -0.2) is 37.6 Å². The average molecular weight is 366 g/mol. The van der Waals surface area contributed by atoms with Crippen molar-refractivity contribution in [1.29, 1.82) is 0 Å². The number of aryl methyl sites for hydroxylation is 2. The van der Waals surface area contributed by atoms with Gasteiger partial charge in [0.15, 0.2) is 0 Å². The SMILES string of the molecule is C=CCC/C(=C\N(C)c1ccc(C)c(C)c1)C(=C)NC1CN2CCC1CC2. The molecule has 1 N–H and O–H groups in total. The minimum Gasteiger partial charge on any atom is -0.381 e. The van der Waals surface area contributed by atoms with Crippen LogP contribution in [0.2, 0.25) is 0 Å². The summed E-state index contributed by atoms with van der Waals surface area (Å²) in [5.41, 5.74) is 6.21. The Morgan fingerprint density at radius 3 is 2.59 bits per heavy atom. The summed E-state index contributed by atoms with van der Waals surface area (Å²) in [5.74, 6) is 0.796. The first-order chi connectivity index (χ1) is 13.0. The Balaban J connectivity index is 1.73. The first kappa shape index (κ1) is 19.8. The van der Waals surface area contributed by atoms with Gasteiger partial charge in [-0.3, -0.25) is 0 Å². The van der Waals surface area contributed by atoms with Gasteiger partial charge in [0, 0.05) is 37.2 Å². The Morgan fingerprint density at radius 2 is 2.00 bits per heavy atom. The van der Waals surface area contributed by atoms with Gasteiger partial charge in [-0.1, -0.05) is 18.7 Å². The van der Waals surface area contributed by atoms with E-state index in [2.05, 4.69) is 73.6 Å². The molecule has 27 heavy (non-hydrogen) atoms. The van der Waals surface area contributed by atoms with Gasteiger partial charge in [0.2, 0.25) is 0 Å². The predicted molar refractivity (Wildman–Crippen MR) is 117 cm³/mol. The number of hydrogen-bond donors (Lipinski definition) is 1. The maximum absolute atomic E-state index is 4.41. The topological polar surface area (TPSA) is 18.5 Å². The molecule has 0 amide bonds. The van der Waals surface area contributed by atoms with Crippen LogP contribution in [0.5, 0.6) is 0 Å². The van der Waals surface area contributed by atoms with Gasteiger partial charge in [-0.05, 0) is 87.4 Å². The van der Waals surface area contributed by atoms with Crippen LogP contribution in [0.1, 0.15) is 36.8 Å². The fraction of sp³-hybridized carbons (Fsp3) is 0.500. The van der Waals surface area contributed by atoms with E-state index < -0.39 is 0 Å². The van der Waals surface area contributed by atoms with E-state index in [1.165, 1.54) is 48.3 Å². The van der Waals surface area contributed by atoms with Gasteiger partial charge < -0.3 is 15.1 Å². The maximum atomic E-state index is 4.41. The molecule has 1 unspecified atom stereocenters. The van der Waals surface area contributed by atoms with Gasteiger partial charge in [0.25, 0.3) is 0 Å². The van der Waals surface area contributed by atoms with Gasteiger partial charge in [0.05, 0.1) is 0 Å². The lowest BCUT2D eigenvalue weighted by Gasteiger charge is -2.45. The van der Waals surface area contributed by atoms with Crippen molar-refractivity contribution in [2.45, 2.75) is 45.6 Å². The number of fused-ring (bicyclic) bond motifs is 3. The van der Waals surface area contributed by atoms with Crippen molar-refractivity contribution in [2.75, 3.05) is 31.6 Å².